The highest BCUT2D eigenvalue weighted by atomic mass is 16.5. The summed E-state index contributed by atoms with van der Waals surface area (Å²) >= 11 is 0. The van der Waals surface area contributed by atoms with Crippen molar-refractivity contribution in [3.05, 3.63) is 70.8 Å². The number of aryl methyl sites for hydroxylation is 3. The molecule has 0 aliphatic heterocycles. The first kappa shape index (κ1) is 18.5. The summed E-state index contributed by atoms with van der Waals surface area (Å²) in [6, 6.07) is 13.4. The Bertz CT molecular complexity index is 771. The van der Waals surface area contributed by atoms with Crippen molar-refractivity contribution in [1.82, 2.24) is 0 Å². The Balaban J connectivity index is 1.96. The van der Waals surface area contributed by atoms with Crippen molar-refractivity contribution in [1.29, 1.82) is 0 Å². The Morgan fingerprint density at radius 3 is 2.24 bits per heavy atom. The molecule has 4 heteroatoms. The van der Waals surface area contributed by atoms with Crippen LogP contribution < -0.4 is 5.32 Å². The number of hydrogen-bond donors (Lipinski definition) is 1. The lowest BCUT2D eigenvalue weighted by molar-refractivity contribution is -0.148. The Morgan fingerprint density at radius 1 is 1.04 bits per heavy atom. The molecule has 0 unspecified atom stereocenters. The smallest absolute Gasteiger partial charge is 0.331 e. The topological polar surface area (TPSA) is 55.4 Å². The van der Waals surface area contributed by atoms with E-state index in [9.17, 15) is 9.59 Å². The standard InChI is InChI=1S/C21H23NO3/c1-14-12-15(2)20(16(3)13-14)22-21(24)17(4)25-19(23)11-10-18-8-6-5-7-9-18/h5-13,17H,1-4H3,(H,22,24)/b11-10+/t17-/m1/s1. The number of ether oxygens (including phenoxy) is 1. The average molecular weight is 337 g/mol. The molecule has 0 saturated heterocycles. The molecule has 2 rings (SSSR count). The van der Waals surface area contributed by atoms with E-state index in [1.807, 2.05) is 63.2 Å². The van der Waals surface area contributed by atoms with Crippen LogP contribution in [0, 0.1) is 20.8 Å². The van der Waals surface area contributed by atoms with E-state index < -0.39 is 12.1 Å². The van der Waals surface area contributed by atoms with Gasteiger partial charge in [-0.25, -0.2) is 4.79 Å². The first-order valence-electron chi connectivity index (χ1n) is 8.19. The monoisotopic (exact) mass is 337 g/mol. The minimum absolute atomic E-state index is 0.350. The van der Waals surface area contributed by atoms with E-state index in [4.69, 9.17) is 4.74 Å². The van der Waals surface area contributed by atoms with Gasteiger partial charge in [0.05, 0.1) is 0 Å². The highest BCUT2D eigenvalue weighted by Gasteiger charge is 2.18. The van der Waals surface area contributed by atoms with Gasteiger partial charge in [0.25, 0.3) is 5.91 Å². The van der Waals surface area contributed by atoms with Gasteiger partial charge in [0, 0.05) is 11.8 Å². The third-order valence-corrected chi connectivity index (χ3v) is 3.80. The minimum Gasteiger partial charge on any atom is -0.449 e. The van der Waals surface area contributed by atoms with Gasteiger partial charge in [-0.05, 0) is 50.5 Å². The summed E-state index contributed by atoms with van der Waals surface area (Å²) in [5, 5.41) is 2.84. The number of hydrogen-bond acceptors (Lipinski definition) is 3. The third kappa shape index (κ3) is 5.31. The molecule has 0 heterocycles. The fourth-order valence-electron chi connectivity index (χ4n) is 2.60. The number of esters is 1. The van der Waals surface area contributed by atoms with E-state index in [1.54, 1.807) is 13.0 Å². The maximum absolute atomic E-state index is 12.3. The zero-order chi connectivity index (χ0) is 18.4. The highest BCUT2D eigenvalue weighted by molar-refractivity contribution is 5.97. The van der Waals surface area contributed by atoms with Gasteiger partial charge in [-0.2, -0.15) is 0 Å². The van der Waals surface area contributed by atoms with E-state index in [0.29, 0.717) is 0 Å². The van der Waals surface area contributed by atoms with Crippen LogP contribution in [-0.2, 0) is 14.3 Å². The fraction of sp³-hybridized carbons (Fsp3) is 0.238. The molecule has 0 radical (unpaired) electrons. The van der Waals surface area contributed by atoms with Gasteiger partial charge in [-0.3, -0.25) is 4.79 Å². The zero-order valence-corrected chi connectivity index (χ0v) is 15.0. The van der Waals surface area contributed by atoms with Crippen molar-refractivity contribution in [2.24, 2.45) is 0 Å². The molecule has 1 atom stereocenters. The second kappa shape index (κ2) is 8.29. The number of carbonyl (C=O) groups is 2. The molecular formula is C21H23NO3. The summed E-state index contributed by atoms with van der Waals surface area (Å²) in [6.45, 7) is 7.45. The maximum Gasteiger partial charge on any atom is 0.331 e. The van der Waals surface area contributed by atoms with Crippen LogP contribution in [0.15, 0.2) is 48.5 Å². The van der Waals surface area contributed by atoms with Crippen LogP contribution in [-0.4, -0.2) is 18.0 Å². The zero-order valence-electron chi connectivity index (χ0n) is 15.0. The van der Waals surface area contributed by atoms with E-state index in [2.05, 4.69) is 5.32 Å². The van der Waals surface area contributed by atoms with Crippen molar-refractivity contribution in [2.45, 2.75) is 33.8 Å². The number of anilines is 1. The van der Waals surface area contributed by atoms with Crippen LogP contribution in [0.4, 0.5) is 5.69 Å². The van der Waals surface area contributed by atoms with Crippen molar-refractivity contribution < 1.29 is 14.3 Å². The van der Waals surface area contributed by atoms with Crippen molar-refractivity contribution in [3.63, 3.8) is 0 Å². The van der Waals surface area contributed by atoms with Gasteiger partial charge in [-0.15, -0.1) is 0 Å². The molecular weight excluding hydrogens is 314 g/mol. The van der Waals surface area contributed by atoms with E-state index in [0.717, 1.165) is 27.9 Å². The lowest BCUT2D eigenvalue weighted by atomic mass is 10.0. The fourth-order valence-corrected chi connectivity index (χ4v) is 2.60. The van der Waals surface area contributed by atoms with Crippen LogP contribution in [0.2, 0.25) is 0 Å². The Hall–Kier alpha value is -2.88. The molecule has 0 aliphatic carbocycles. The number of nitrogens with one attached hydrogen (secondary N) is 1. The van der Waals surface area contributed by atoms with Gasteiger partial charge in [0.2, 0.25) is 0 Å². The molecule has 2 aromatic rings. The van der Waals surface area contributed by atoms with E-state index >= 15 is 0 Å². The second-order valence-corrected chi connectivity index (χ2v) is 6.09. The van der Waals surface area contributed by atoms with Gasteiger partial charge in [0.15, 0.2) is 6.10 Å². The number of amides is 1. The molecule has 0 fully saturated rings. The molecule has 130 valence electrons. The van der Waals surface area contributed by atoms with Crippen LogP contribution in [0.1, 0.15) is 29.2 Å². The average Bonchev–Trinajstić information content (AvgIpc) is 2.57. The lowest BCUT2D eigenvalue weighted by Gasteiger charge is -2.16. The molecule has 0 aromatic heterocycles. The Labute approximate surface area is 148 Å². The minimum atomic E-state index is -0.881. The Kier molecular flexibility index (Phi) is 6.12. The largest absolute Gasteiger partial charge is 0.449 e. The summed E-state index contributed by atoms with van der Waals surface area (Å²) in [4.78, 5) is 24.2. The van der Waals surface area contributed by atoms with Gasteiger partial charge in [-0.1, -0.05) is 48.0 Å². The summed E-state index contributed by atoms with van der Waals surface area (Å²) in [7, 11) is 0. The lowest BCUT2D eigenvalue weighted by Crippen LogP contribution is -2.30. The SMILES string of the molecule is Cc1cc(C)c(NC(=O)[C@@H](C)OC(=O)/C=C/c2ccccc2)c(C)c1. The third-order valence-electron chi connectivity index (χ3n) is 3.80. The van der Waals surface area contributed by atoms with Crippen LogP contribution in [0.3, 0.4) is 0 Å². The molecule has 25 heavy (non-hydrogen) atoms. The number of carbonyl (C=O) groups excluding carboxylic acids is 2. The molecule has 0 spiro atoms. The van der Waals surface area contributed by atoms with Crippen molar-refractivity contribution in [2.75, 3.05) is 5.32 Å². The Morgan fingerprint density at radius 2 is 1.64 bits per heavy atom. The van der Waals surface area contributed by atoms with Crippen LogP contribution in [0.25, 0.3) is 6.08 Å². The second-order valence-electron chi connectivity index (χ2n) is 6.09. The highest BCUT2D eigenvalue weighted by Crippen LogP contribution is 2.22. The maximum atomic E-state index is 12.3. The molecule has 0 bridgehead atoms. The first-order chi connectivity index (χ1) is 11.9. The predicted octanol–water partition coefficient (Wildman–Crippen LogP) is 4.20. The molecule has 0 aliphatic rings. The van der Waals surface area contributed by atoms with Crippen LogP contribution >= 0.6 is 0 Å². The summed E-state index contributed by atoms with van der Waals surface area (Å²) in [5.41, 5.74) is 4.75. The molecule has 2 aromatic carbocycles. The summed E-state index contributed by atoms with van der Waals surface area (Å²) in [5.74, 6) is -0.902. The van der Waals surface area contributed by atoms with Gasteiger partial charge in [0.1, 0.15) is 0 Å². The molecule has 4 nitrogen and oxygen atoms in total. The van der Waals surface area contributed by atoms with E-state index in [-0.39, 0.29) is 5.91 Å². The van der Waals surface area contributed by atoms with Crippen molar-refractivity contribution in [3.8, 4) is 0 Å². The normalized spacial score (nSPS) is 12.0. The van der Waals surface area contributed by atoms with Gasteiger partial charge >= 0.3 is 5.97 Å². The number of rotatable bonds is 5. The molecule has 1 N–H and O–H groups in total. The number of benzene rings is 2. The van der Waals surface area contributed by atoms with E-state index in [1.165, 1.54) is 6.08 Å². The summed E-state index contributed by atoms with van der Waals surface area (Å²) in [6.07, 6.45) is 2.09. The first-order valence-corrected chi connectivity index (χ1v) is 8.19. The van der Waals surface area contributed by atoms with Crippen LogP contribution in [0.5, 0.6) is 0 Å². The molecule has 0 saturated carbocycles. The molecule has 1 amide bonds. The quantitative estimate of drug-likeness (QED) is 0.657. The summed E-state index contributed by atoms with van der Waals surface area (Å²) < 4.78 is 5.17. The van der Waals surface area contributed by atoms with Gasteiger partial charge < -0.3 is 10.1 Å². The van der Waals surface area contributed by atoms with Crippen molar-refractivity contribution >= 4 is 23.6 Å². The predicted molar refractivity (Wildman–Crippen MR) is 100 cm³/mol.